The van der Waals surface area contributed by atoms with Gasteiger partial charge >= 0.3 is 0 Å². The van der Waals surface area contributed by atoms with E-state index in [0.29, 0.717) is 6.04 Å². The maximum absolute atomic E-state index is 11.4. The SMILES string of the molecule is CC(=O)N1CC(C)NC(c2cccnc2)C1. The van der Waals surface area contributed by atoms with Crippen molar-refractivity contribution in [2.75, 3.05) is 13.1 Å². The topological polar surface area (TPSA) is 45.2 Å². The fraction of sp³-hybridized carbons (Fsp3) is 0.500. The minimum absolute atomic E-state index is 0.141. The van der Waals surface area contributed by atoms with Crippen LogP contribution in [0.15, 0.2) is 24.5 Å². The van der Waals surface area contributed by atoms with Crippen LogP contribution in [-0.4, -0.2) is 34.9 Å². The molecular formula is C12H17N3O. The lowest BCUT2D eigenvalue weighted by atomic mass is 10.0. The summed E-state index contributed by atoms with van der Waals surface area (Å²) in [6.45, 7) is 5.23. The molecule has 1 amide bonds. The quantitative estimate of drug-likeness (QED) is 0.765. The lowest BCUT2D eigenvalue weighted by Gasteiger charge is -2.37. The number of nitrogens with one attached hydrogen (secondary N) is 1. The van der Waals surface area contributed by atoms with Crippen LogP contribution < -0.4 is 5.32 Å². The van der Waals surface area contributed by atoms with Gasteiger partial charge in [0.05, 0.1) is 6.04 Å². The molecule has 2 rings (SSSR count). The molecule has 4 heteroatoms. The van der Waals surface area contributed by atoms with Gasteiger partial charge in [-0.05, 0) is 18.6 Å². The molecule has 0 spiro atoms. The predicted octanol–water partition coefficient (Wildman–Crippen LogP) is 0.963. The molecule has 0 bridgehead atoms. The average Bonchev–Trinajstić information content (AvgIpc) is 2.29. The van der Waals surface area contributed by atoms with Crippen molar-refractivity contribution in [3.8, 4) is 0 Å². The molecule has 0 saturated carbocycles. The van der Waals surface area contributed by atoms with Crippen molar-refractivity contribution in [3.63, 3.8) is 0 Å². The maximum atomic E-state index is 11.4. The maximum Gasteiger partial charge on any atom is 0.219 e. The number of hydrogen-bond acceptors (Lipinski definition) is 3. The average molecular weight is 219 g/mol. The number of nitrogens with zero attached hydrogens (tertiary/aromatic N) is 2. The first-order chi connectivity index (χ1) is 7.66. The monoisotopic (exact) mass is 219 g/mol. The predicted molar refractivity (Wildman–Crippen MR) is 61.8 cm³/mol. The van der Waals surface area contributed by atoms with Gasteiger partial charge in [-0.3, -0.25) is 9.78 Å². The summed E-state index contributed by atoms with van der Waals surface area (Å²) in [6.07, 6.45) is 3.62. The molecule has 2 unspecified atom stereocenters. The van der Waals surface area contributed by atoms with Gasteiger partial charge in [0.15, 0.2) is 0 Å². The minimum atomic E-state index is 0.141. The Balaban J connectivity index is 2.14. The van der Waals surface area contributed by atoms with E-state index in [4.69, 9.17) is 0 Å². The van der Waals surface area contributed by atoms with Gasteiger partial charge in [0.1, 0.15) is 0 Å². The summed E-state index contributed by atoms with van der Waals surface area (Å²) in [4.78, 5) is 17.4. The fourth-order valence-electron chi connectivity index (χ4n) is 2.12. The van der Waals surface area contributed by atoms with Crippen LogP contribution in [-0.2, 0) is 4.79 Å². The van der Waals surface area contributed by atoms with Crippen LogP contribution in [0, 0.1) is 0 Å². The van der Waals surface area contributed by atoms with Crippen molar-refractivity contribution in [2.24, 2.45) is 0 Å². The first-order valence-electron chi connectivity index (χ1n) is 5.58. The minimum Gasteiger partial charge on any atom is -0.339 e. The Kier molecular flexibility index (Phi) is 3.19. The summed E-state index contributed by atoms with van der Waals surface area (Å²) in [6, 6.07) is 4.49. The summed E-state index contributed by atoms with van der Waals surface area (Å²) < 4.78 is 0. The standard InChI is InChI=1S/C12H17N3O/c1-9-7-15(10(2)16)8-12(14-9)11-4-3-5-13-6-11/h3-6,9,12,14H,7-8H2,1-2H3. The summed E-state index contributed by atoms with van der Waals surface area (Å²) >= 11 is 0. The van der Waals surface area contributed by atoms with Crippen molar-refractivity contribution in [1.29, 1.82) is 0 Å². The van der Waals surface area contributed by atoms with E-state index < -0.39 is 0 Å². The highest BCUT2D eigenvalue weighted by Crippen LogP contribution is 2.18. The summed E-state index contributed by atoms with van der Waals surface area (Å²) in [5.41, 5.74) is 1.14. The largest absolute Gasteiger partial charge is 0.339 e. The van der Waals surface area contributed by atoms with E-state index in [1.54, 1.807) is 13.1 Å². The normalized spacial score (nSPS) is 25.5. The molecule has 1 aliphatic rings. The van der Waals surface area contributed by atoms with Crippen LogP contribution in [0.1, 0.15) is 25.5 Å². The molecule has 2 heterocycles. The van der Waals surface area contributed by atoms with Gasteiger partial charge in [-0.1, -0.05) is 6.07 Å². The second-order valence-corrected chi connectivity index (χ2v) is 4.33. The van der Waals surface area contributed by atoms with Gasteiger partial charge in [0, 0.05) is 38.4 Å². The van der Waals surface area contributed by atoms with Gasteiger partial charge in [0.2, 0.25) is 5.91 Å². The molecule has 4 nitrogen and oxygen atoms in total. The van der Waals surface area contributed by atoms with Crippen molar-refractivity contribution >= 4 is 5.91 Å². The number of aromatic nitrogens is 1. The van der Waals surface area contributed by atoms with E-state index in [2.05, 4.69) is 17.2 Å². The van der Waals surface area contributed by atoms with Crippen LogP contribution in [0.4, 0.5) is 0 Å². The second kappa shape index (κ2) is 4.61. The Morgan fingerprint density at radius 3 is 3.00 bits per heavy atom. The zero-order valence-electron chi connectivity index (χ0n) is 9.68. The number of amides is 1. The molecule has 0 radical (unpaired) electrons. The van der Waals surface area contributed by atoms with Crippen molar-refractivity contribution in [1.82, 2.24) is 15.2 Å². The van der Waals surface area contributed by atoms with Crippen molar-refractivity contribution in [3.05, 3.63) is 30.1 Å². The fourth-order valence-corrected chi connectivity index (χ4v) is 2.12. The van der Waals surface area contributed by atoms with Gasteiger partial charge < -0.3 is 10.2 Å². The van der Waals surface area contributed by atoms with Crippen LogP contribution in [0.25, 0.3) is 0 Å². The number of carbonyl (C=O) groups excluding carboxylic acids is 1. The highest BCUT2D eigenvalue weighted by molar-refractivity contribution is 5.73. The molecule has 1 N–H and O–H groups in total. The third kappa shape index (κ3) is 2.39. The zero-order chi connectivity index (χ0) is 11.5. The van der Waals surface area contributed by atoms with Crippen molar-refractivity contribution < 1.29 is 4.79 Å². The first kappa shape index (κ1) is 11.1. The van der Waals surface area contributed by atoms with E-state index in [1.165, 1.54) is 0 Å². The molecule has 1 fully saturated rings. The van der Waals surface area contributed by atoms with Gasteiger partial charge in [-0.25, -0.2) is 0 Å². The molecular weight excluding hydrogens is 202 g/mol. The van der Waals surface area contributed by atoms with Gasteiger partial charge in [0.25, 0.3) is 0 Å². The highest BCUT2D eigenvalue weighted by atomic mass is 16.2. The van der Waals surface area contributed by atoms with Crippen LogP contribution in [0.3, 0.4) is 0 Å². The second-order valence-electron chi connectivity index (χ2n) is 4.33. The number of pyridine rings is 1. The third-order valence-electron chi connectivity index (χ3n) is 2.92. The highest BCUT2D eigenvalue weighted by Gasteiger charge is 2.26. The zero-order valence-corrected chi connectivity index (χ0v) is 9.68. The molecule has 2 atom stereocenters. The molecule has 0 aliphatic carbocycles. The van der Waals surface area contributed by atoms with Crippen molar-refractivity contribution in [2.45, 2.75) is 25.9 Å². The van der Waals surface area contributed by atoms with Gasteiger partial charge in [-0.15, -0.1) is 0 Å². The molecule has 86 valence electrons. The van der Waals surface area contributed by atoms with E-state index in [-0.39, 0.29) is 11.9 Å². The Hall–Kier alpha value is -1.42. The van der Waals surface area contributed by atoms with Crippen LogP contribution >= 0.6 is 0 Å². The lowest BCUT2D eigenvalue weighted by Crippen LogP contribution is -2.52. The third-order valence-corrected chi connectivity index (χ3v) is 2.92. The van der Waals surface area contributed by atoms with Crippen LogP contribution in [0.2, 0.25) is 0 Å². The molecule has 1 aromatic heterocycles. The molecule has 16 heavy (non-hydrogen) atoms. The Bertz CT molecular complexity index is 366. The van der Waals surface area contributed by atoms with E-state index >= 15 is 0 Å². The first-order valence-corrected chi connectivity index (χ1v) is 5.58. The number of hydrogen-bond donors (Lipinski definition) is 1. The summed E-state index contributed by atoms with van der Waals surface area (Å²) in [5, 5.41) is 3.48. The van der Waals surface area contributed by atoms with Gasteiger partial charge in [-0.2, -0.15) is 0 Å². The Labute approximate surface area is 95.7 Å². The number of carbonyl (C=O) groups is 1. The lowest BCUT2D eigenvalue weighted by molar-refractivity contribution is -0.130. The molecule has 1 aliphatic heterocycles. The molecule has 0 aromatic carbocycles. The van der Waals surface area contributed by atoms with Crippen LogP contribution in [0.5, 0.6) is 0 Å². The van der Waals surface area contributed by atoms with E-state index in [0.717, 1.165) is 18.7 Å². The van der Waals surface area contributed by atoms with E-state index in [9.17, 15) is 4.79 Å². The summed E-state index contributed by atoms with van der Waals surface area (Å²) in [7, 11) is 0. The number of piperazine rings is 1. The Morgan fingerprint density at radius 1 is 1.56 bits per heavy atom. The number of rotatable bonds is 1. The summed E-state index contributed by atoms with van der Waals surface area (Å²) in [5.74, 6) is 0.141. The van der Waals surface area contributed by atoms with E-state index in [1.807, 2.05) is 23.2 Å². The Morgan fingerprint density at radius 2 is 2.38 bits per heavy atom. The molecule has 1 saturated heterocycles. The molecule has 1 aromatic rings. The smallest absolute Gasteiger partial charge is 0.219 e.